The van der Waals surface area contributed by atoms with Crippen LogP contribution in [0.25, 0.3) is 22.5 Å². The van der Waals surface area contributed by atoms with Crippen LogP contribution in [0.1, 0.15) is 24.3 Å². The van der Waals surface area contributed by atoms with E-state index in [1.165, 1.54) is 0 Å². The van der Waals surface area contributed by atoms with Gasteiger partial charge in [0.25, 0.3) is 5.91 Å². The van der Waals surface area contributed by atoms with Crippen LogP contribution < -0.4 is 10.1 Å². The van der Waals surface area contributed by atoms with Crippen LogP contribution in [0.2, 0.25) is 0 Å². The van der Waals surface area contributed by atoms with Crippen LogP contribution in [-0.2, 0) is 0 Å². The van der Waals surface area contributed by atoms with Gasteiger partial charge in [0.1, 0.15) is 17.3 Å². The second-order valence-corrected chi connectivity index (χ2v) is 7.76. The Balaban J connectivity index is 1.74. The number of rotatable bonds is 6. The van der Waals surface area contributed by atoms with Crippen molar-refractivity contribution in [2.75, 3.05) is 13.7 Å². The molecule has 0 atom stereocenters. The van der Waals surface area contributed by atoms with Crippen molar-refractivity contribution in [3.8, 4) is 22.7 Å². The lowest BCUT2D eigenvalue weighted by molar-refractivity contribution is 0.0861. The standard InChI is InChI=1S/C23H24N4O3/c1-23(2,15-28)25-22(29)20-12-13-24-27(20)21-11-8-18-7-4-17(14-26(18)21)16-5-9-19(30-3)10-6-16/h4-14,28H,15H2,1-3H3,(H,25,29). The number of carbonyl (C=O) groups excluding carboxylic acids is 1. The van der Waals surface area contributed by atoms with E-state index in [0.29, 0.717) is 5.69 Å². The van der Waals surface area contributed by atoms with Crippen molar-refractivity contribution in [3.63, 3.8) is 0 Å². The van der Waals surface area contributed by atoms with Crippen molar-refractivity contribution in [1.29, 1.82) is 0 Å². The Morgan fingerprint density at radius 3 is 2.47 bits per heavy atom. The molecule has 1 amide bonds. The number of hydrogen-bond acceptors (Lipinski definition) is 4. The Labute approximate surface area is 174 Å². The topological polar surface area (TPSA) is 80.8 Å². The molecule has 7 nitrogen and oxygen atoms in total. The first-order valence-corrected chi connectivity index (χ1v) is 9.65. The maximum absolute atomic E-state index is 12.8. The molecule has 154 valence electrons. The quantitative estimate of drug-likeness (QED) is 0.517. The lowest BCUT2D eigenvalue weighted by Gasteiger charge is -2.23. The molecule has 0 aliphatic rings. The smallest absolute Gasteiger partial charge is 0.270 e. The zero-order chi connectivity index (χ0) is 21.3. The molecule has 0 unspecified atom stereocenters. The number of aliphatic hydroxyl groups excluding tert-OH is 1. The van der Waals surface area contributed by atoms with E-state index in [1.807, 2.05) is 53.1 Å². The van der Waals surface area contributed by atoms with Gasteiger partial charge in [-0.2, -0.15) is 5.10 Å². The lowest BCUT2D eigenvalue weighted by atomic mass is 10.1. The Bertz CT molecular complexity index is 1190. The van der Waals surface area contributed by atoms with Gasteiger partial charge < -0.3 is 19.6 Å². The summed E-state index contributed by atoms with van der Waals surface area (Å²) in [6, 6.07) is 17.5. The van der Waals surface area contributed by atoms with E-state index in [-0.39, 0.29) is 12.5 Å². The molecule has 0 saturated carbocycles. The van der Waals surface area contributed by atoms with E-state index in [2.05, 4.69) is 16.5 Å². The van der Waals surface area contributed by atoms with E-state index in [4.69, 9.17) is 4.74 Å². The Morgan fingerprint density at radius 2 is 1.77 bits per heavy atom. The fourth-order valence-electron chi connectivity index (χ4n) is 3.28. The van der Waals surface area contributed by atoms with Crippen molar-refractivity contribution in [2.45, 2.75) is 19.4 Å². The number of carbonyl (C=O) groups is 1. The first-order valence-electron chi connectivity index (χ1n) is 9.65. The fraction of sp³-hybridized carbons (Fsp3) is 0.217. The maximum Gasteiger partial charge on any atom is 0.270 e. The van der Waals surface area contributed by atoms with E-state index >= 15 is 0 Å². The third-order valence-corrected chi connectivity index (χ3v) is 4.99. The second-order valence-electron chi connectivity index (χ2n) is 7.76. The van der Waals surface area contributed by atoms with Gasteiger partial charge in [0.05, 0.1) is 25.5 Å². The van der Waals surface area contributed by atoms with Gasteiger partial charge in [-0.05, 0) is 61.4 Å². The zero-order valence-corrected chi connectivity index (χ0v) is 17.2. The number of aromatic nitrogens is 3. The van der Waals surface area contributed by atoms with Gasteiger partial charge in [0, 0.05) is 11.7 Å². The van der Waals surface area contributed by atoms with E-state index < -0.39 is 5.54 Å². The first kappa shape index (κ1) is 19.7. The molecule has 4 aromatic rings. The summed E-state index contributed by atoms with van der Waals surface area (Å²) >= 11 is 0. The minimum Gasteiger partial charge on any atom is -0.497 e. The highest BCUT2D eigenvalue weighted by molar-refractivity contribution is 5.93. The molecule has 4 rings (SSSR count). The molecule has 2 N–H and O–H groups in total. The number of benzene rings is 1. The van der Waals surface area contributed by atoms with E-state index in [9.17, 15) is 9.90 Å². The molecule has 0 spiro atoms. The third kappa shape index (κ3) is 3.67. The van der Waals surface area contributed by atoms with E-state index in [1.54, 1.807) is 37.9 Å². The largest absolute Gasteiger partial charge is 0.497 e. The first-order chi connectivity index (χ1) is 14.4. The lowest BCUT2D eigenvalue weighted by Crippen LogP contribution is -2.46. The number of nitrogens with zero attached hydrogens (tertiary/aromatic N) is 3. The minimum atomic E-state index is -0.727. The number of nitrogens with one attached hydrogen (secondary N) is 1. The van der Waals surface area contributed by atoms with Crippen molar-refractivity contribution in [2.24, 2.45) is 0 Å². The van der Waals surface area contributed by atoms with Crippen molar-refractivity contribution >= 4 is 11.4 Å². The number of hydrogen-bond donors (Lipinski definition) is 2. The van der Waals surface area contributed by atoms with Crippen molar-refractivity contribution in [3.05, 3.63) is 72.7 Å². The molecule has 0 saturated heterocycles. The summed E-state index contributed by atoms with van der Waals surface area (Å²) in [5.74, 6) is 1.25. The van der Waals surface area contributed by atoms with Crippen LogP contribution in [0, 0.1) is 0 Å². The van der Waals surface area contributed by atoms with Crippen LogP contribution in [0.3, 0.4) is 0 Å². The summed E-state index contributed by atoms with van der Waals surface area (Å²) in [5, 5.41) is 16.7. The zero-order valence-electron chi connectivity index (χ0n) is 17.2. The predicted octanol–water partition coefficient (Wildman–Crippen LogP) is 3.30. The second kappa shape index (κ2) is 7.68. The van der Waals surface area contributed by atoms with Gasteiger partial charge >= 0.3 is 0 Å². The average molecular weight is 404 g/mol. The van der Waals surface area contributed by atoms with Gasteiger partial charge in [-0.1, -0.05) is 18.2 Å². The molecular formula is C23H24N4O3. The predicted molar refractivity (Wildman–Crippen MR) is 115 cm³/mol. The highest BCUT2D eigenvalue weighted by atomic mass is 16.5. The Morgan fingerprint density at radius 1 is 1.07 bits per heavy atom. The van der Waals surface area contributed by atoms with Crippen LogP contribution in [0.4, 0.5) is 0 Å². The molecule has 7 heteroatoms. The van der Waals surface area contributed by atoms with Gasteiger partial charge in [-0.3, -0.25) is 4.79 Å². The summed E-state index contributed by atoms with van der Waals surface area (Å²) < 4.78 is 8.84. The molecule has 0 aliphatic heterocycles. The number of methoxy groups -OCH3 is 1. The highest BCUT2D eigenvalue weighted by Crippen LogP contribution is 2.25. The SMILES string of the molecule is COc1ccc(-c2ccc3ccc(-n4nccc4C(=O)NC(C)(C)CO)n3c2)cc1. The monoisotopic (exact) mass is 404 g/mol. The molecular weight excluding hydrogens is 380 g/mol. The summed E-state index contributed by atoms with van der Waals surface area (Å²) in [6.45, 7) is 3.37. The number of fused-ring (bicyclic) bond motifs is 1. The van der Waals surface area contributed by atoms with E-state index in [0.717, 1.165) is 28.2 Å². The van der Waals surface area contributed by atoms with Gasteiger partial charge in [-0.15, -0.1) is 0 Å². The molecule has 3 aromatic heterocycles. The molecule has 0 bridgehead atoms. The minimum absolute atomic E-state index is 0.161. The van der Waals surface area contributed by atoms with Crippen LogP contribution in [0.15, 0.2) is 67.0 Å². The molecule has 0 aliphatic carbocycles. The van der Waals surface area contributed by atoms with Gasteiger partial charge in [0.15, 0.2) is 0 Å². The third-order valence-electron chi connectivity index (χ3n) is 4.99. The molecule has 30 heavy (non-hydrogen) atoms. The Kier molecular flexibility index (Phi) is 5.05. The fourth-order valence-corrected chi connectivity index (χ4v) is 3.28. The number of amides is 1. The van der Waals surface area contributed by atoms with Gasteiger partial charge in [-0.25, -0.2) is 4.68 Å². The summed E-state index contributed by atoms with van der Waals surface area (Å²) in [6.07, 6.45) is 3.61. The number of aliphatic hydroxyl groups is 1. The van der Waals surface area contributed by atoms with Crippen LogP contribution >= 0.6 is 0 Å². The summed E-state index contributed by atoms with van der Waals surface area (Å²) in [4.78, 5) is 12.8. The molecule has 0 fully saturated rings. The molecule has 1 aromatic carbocycles. The van der Waals surface area contributed by atoms with Crippen LogP contribution in [0.5, 0.6) is 5.75 Å². The maximum atomic E-state index is 12.8. The van der Waals surface area contributed by atoms with Crippen molar-refractivity contribution in [1.82, 2.24) is 19.5 Å². The molecule has 3 heterocycles. The number of ether oxygens (including phenoxy) is 1. The van der Waals surface area contributed by atoms with Crippen LogP contribution in [-0.4, -0.2) is 44.5 Å². The van der Waals surface area contributed by atoms with Gasteiger partial charge in [0.2, 0.25) is 0 Å². The average Bonchev–Trinajstić information content (AvgIpc) is 3.39. The summed E-state index contributed by atoms with van der Waals surface area (Å²) in [7, 11) is 1.65. The Hall–Kier alpha value is -3.58. The highest BCUT2D eigenvalue weighted by Gasteiger charge is 2.23. The molecule has 0 radical (unpaired) electrons. The summed E-state index contributed by atoms with van der Waals surface area (Å²) in [5.41, 5.74) is 2.74. The van der Waals surface area contributed by atoms with Crippen molar-refractivity contribution < 1.29 is 14.6 Å². The normalized spacial score (nSPS) is 11.6. The number of pyridine rings is 1.